The van der Waals surface area contributed by atoms with Gasteiger partial charge in [-0.15, -0.1) is 0 Å². The number of rotatable bonds is 6. The normalized spacial score (nSPS) is 14.6. The van der Waals surface area contributed by atoms with Crippen molar-refractivity contribution in [3.8, 4) is 5.75 Å². The van der Waals surface area contributed by atoms with Crippen molar-refractivity contribution in [2.45, 2.75) is 32.7 Å². The first-order valence-corrected chi connectivity index (χ1v) is 8.49. The van der Waals surface area contributed by atoms with Gasteiger partial charge in [-0.25, -0.2) is 4.79 Å². The number of nitro groups is 1. The lowest BCUT2D eigenvalue weighted by atomic mass is 10.1. The predicted octanol–water partition coefficient (Wildman–Crippen LogP) is 2.02. The van der Waals surface area contributed by atoms with Gasteiger partial charge in [0.25, 0.3) is 5.91 Å². The zero-order valence-electron chi connectivity index (χ0n) is 14.9. The van der Waals surface area contributed by atoms with Crippen LogP contribution in [-0.2, 0) is 9.53 Å². The van der Waals surface area contributed by atoms with Crippen LogP contribution in [0.4, 0.5) is 10.5 Å². The molecule has 0 bridgehead atoms. The fourth-order valence-electron chi connectivity index (χ4n) is 2.73. The average molecular weight is 365 g/mol. The number of ether oxygens (including phenoxy) is 2. The molecule has 0 aromatic heterocycles. The second-order valence-electron chi connectivity index (χ2n) is 6.04. The summed E-state index contributed by atoms with van der Waals surface area (Å²) in [5, 5.41) is 13.9. The van der Waals surface area contributed by atoms with Gasteiger partial charge in [0.15, 0.2) is 12.4 Å². The van der Waals surface area contributed by atoms with Crippen molar-refractivity contribution >= 4 is 17.7 Å². The minimum Gasteiger partial charge on any atom is -0.477 e. The second kappa shape index (κ2) is 9.02. The van der Waals surface area contributed by atoms with Crippen LogP contribution in [-0.4, -0.2) is 54.2 Å². The molecule has 1 saturated heterocycles. The van der Waals surface area contributed by atoms with Crippen molar-refractivity contribution in [2.24, 2.45) is 0 Å². The number of hydrogen-bond donors (Lipinski definition) is 1. The first kappa shape index (κ1) is 19.5. The fourth-order valence-corrected chi connectivity index (χ4v) is 2.73. The summed E-state index contributed by atoms with van der Waals surface area (Å²) in [5.41, 5.74) is 0.572. The number of likely N-dealkylation sites (tertiary alicyclic amines) is 1. The number of carbonyl (C=O) groups is 2. The first-order chi connectivity index (χ1) is 12.4. The second-order valence-corrected chi connectivity index (χ2v) is 6.04. The van der Waals surface area contributed by atoms with E-state index >= 15 is 0 Å². The van der Waals surface area contributed by atoms with Crippen LogP contribution in [0.15, 0.2) is 18.2 Å². The minimum absolute atomic E-state index is 0.0629. The standard InChI is InChI=1S/C17H23N3O6/c1-3-25-17(22)19-8-6-13(7-9-19)18-16(21)11-26-15-5-4-12(2)10-14(15)20(23)24/h4-5,10,13H,3,6-9,11H2,1-2H3,(H,18,21). The highest BCUT2D eigenvalue weighted by Gasteiger charge is 2.25. The number of nitro benzene ring substituents is 1. The molecule has 0 unspecified atom stereocenters. The molecule has 1 N–H and O–H groups in total. The lowest BCUT2D eigenvalue weighted by Gasteiger charge is -2.31. The summed E-state index contributed by atoms with van der Waals surface area (Å²) in [6.07, 6.45) is 0.900. The molecule has 0 atom stereocenters. The van der Waals surface area contributed by atoms with Crippen LogP contribution >= 0.6 is 0 Å². The molecule has 0 radical (unpaired) electrons. The Morgan fingerprint density at radius 1 is 1.35 bits per heavy atom. The third-order valence-electron chi connectivity index (χ3n) is 4.06. The molecule has 1 aromatic carbocycles. The number of benzene rings is 1. The van der Waals surface area contributed by atoms with E-state index in [9.17, 15) is 19.7 Å². The Morgan fingerprint density at radius 2 is 2.04 bits per heavy atom. The monoisotopic (exact) mass is 365 g/mol. The Labute approximate surface area is 151 Å². The number of amides is 2. The number of carbonyl (C=O) groups excluding carboxylic acids is 2. The van der Waals surface area contributed by atoms with Crippen LogP contribution < -0.4 is 10.1 Å². The van der Waals surface area contributed by atoms with Gasteiger partial charge in [-0.1, -0.05) is 6.07 Å². The van der Waals surface area contributed by atoms with Gasteiger partial charge in [-0.2, -0.15) is 0 Å². The molecule has 1 aliphatic heterocycles. The fraction of sp³-hybridized carbons (Fsp3) is 0.529. The SMILES string of the molecule is CCOC(=O)N1CCC(NC(=O)COc2ccc(C)cc2[N+](=O)[O-])CC1. The number of hydrogen-bond acceptors (Lipinski definition) is 6. The zero-order chi connectivity index (χ0) is 19.1. The number of piperidine rings is 1. The summed E-state index contributed by atoms with van der Waals surface area (Å²) in [6, 6.07) is 4.51. The molecule has 1 heterocycles. The van der Waals surface area contributed by atoms with Crippen molar-refractivity contribution in [1.29, 1.82) is 0 Å². The molecule has 0 spiro atoms. The van der Waals surface area contributed by atoms with Crippen molar-refractivity contribution in [2.75, 3.05) is 26.3 Å². The number of nitrogens with one attached hydrogen (secondary N) is 1. The van der Waals surface area contributed by atoms with Crippen LogP contribution in [0.5, 0.6) is 5.75 Å². The van der Waals surface area contributed by atoms with Gasteiger partial charge in [-0.3, -0.25) is 14.9 Å². The van der Waals surface area contributed by atoms with Crippen LogP contribution in [0.2, 0.25) is 0 Å². The maximum Gasteiger partial charge on any atom is 0.409 e. The van der Waals surface area contributed by atoms with E-state index in [1.807, 2.05) is 0 Å². The molecule has 1 aliphatic rings. The maximum atomic E-state index is 12.0. The van der Waals surface area contributed by atoms with Gasteiger partial charge in [0.1, 0.15) is 0 Å². The third-order valence-corrected chi connectivity index (χ3v) is 4.06. The van der Waals surface area contributed by atoms with Crippen molar-refractivity contribution in [3.05, 3.63) is 33.9 Å². The van der Waals surface area contributed by atoms with E-state index in [0.29, 0.717) is 32.5 Å². The first-order valence-electron chi connectivity index (χ1n) is 8.49. The average Bonchev–Trinajstić information content (AvgIpc) is 2.61. The molecule has 26 heavy (non-hydrogen) atoms. The summed E-state index contributed by atoms with van der Waals surface area (Å²) >= 11 is 0. The molecular weight excluding hydrogens is 342 g/mol. The Kier molecular flexibility index (Phi) is 6.76. The van der Waals surface area contributed by atoms with Crippen molar-refractivity contribution in [1.82, 2.24) is 10.2 Å². The molecule has 9 nitrogen and oxygen atoms in total. The molecule has 9 heteroatoms. The van der Waals surface area contributed by atoms with Crippen molar-refractivity contribution in [3.63, 3.8) is 0 Å². The smallest absolute Gasteiger partial charge is 0.409 e. The van der Waals surface area contributed by atoms with E-state index in [2.05, 4.69) is 5.32 Å². The summed E-state index contributed by atoms with van der Waals surface area (Å²) in [6.45, 7) is 4.54. The highest BCUT2D eigenvalue weighted by molar-refractivity contribution is 5.78. The van der Waals surface area contributed by atoms with Gasteiger partial charge < -0.3 is 19.7 Å². The third kappa shape index (κ3) is 5.33. The number of nitrogens with zero attached hydrogens (tertiary/aromatic N) is 2. The van der Waals surface area contributed by atoms with Gasteiger partial charge in [0, 0.05) is 25.2 Å². The maximum absolute atomic E-state index is 12.0. The molecule has 0 aliphatic carbocycles. The molecule has 2 amide bonds. The van der Waals surface area contributed by atoms with E-state index in [0.717, 1.165) is 5.56 Å². The topological polar surface area (TPSA) is 111 Å². The lowest BCUT2D eigenvalue weighted by molar-refractivity contribution is -0.385. The largest absolute Gasteiger partial charge is 0.477 e. The molecule has 1 fully saturated rings. The van der Waals surface area contributed by atoms with E-state index in [-0.39, 0.29) is 36.1 Å². The summed E-state index contributed by atoms with van der Waals surface area (Å²) in [5.74, 6) is -0.290. The highest BCUT2D eigenvalue weighted by atomic mass is 16.6. The van der Waals surface area contributed by atoms with Crippen molar-refractivity contribution < 1.29 is 24.0 Å². The van der Waals surface area contributed by atoms with Gasteiger partial charge >= 0.3 is 11.8 Å². The Balaban J connectivity index is 1.80. The van der Waals surface area contributed by atoms with E-state index in [1.54, 1.807) is 24.8 Å². The predicted molar refractivity (Wildman–Crippen MR) is 93.1 cm³/mol. The van der Waals surface area contributed by atoms with E-state index < -0.39 is 4.92 Å². The highest BCUT2D eigenvalue weighted by Crippen LogP contribution is 2.27. The van der Waals surface area contributed by atoms with Gasteiger partial charge in [-0.05, 0) is 38.3 Å². The molecule has 1 aromatic rings. The molecule has 142 valence electrons. The Bertz CT molecular complexity index is 670. The van der Waals surface area contributed by atoms with Gasteiger partial charge in [0.05, 0.1) is 11.5 Å². The minimum atomic E-state index is -0.536. The van der Waals surface area contributed by atoms with Crippen LogP contribution in [0.1, 0.15) is 25.3 Å². The summed E-state index contributed by atoms with van der Waals surface area (Å²) < 4.78 is 10.3. The molecule has 0 saturated carbocycles. The lowest BCUT2D eigenvalue weighted by Crippen LogP contribution is -2.47. The molecule has 2 rings (SSSR count). The summed E-state index contributed by atoms with van der Waals surface area (Å²) in [7, 11) is 0. The number of aryl methyl sites for hydroxylation is 1. The quantitative estimate of drug-likeness (QED) is 0.610. The Morgan fingerprint density at radius 3 is 2.65 bits per heavy atom. The van der Waals surface area contributed by atoms with Gasteiger partial charge in [0.2, 0.25) is 0 Å². The van der Waals surface area contributed by atoms with E-state index in [4.69, 9.17) is 9.47 Å². The van der Waals surface area contributed by atoms with Crippen LogP contribution in [0.25, 0.3) is 0 Å². The van der Waals surface area contributed by atoms with E-state index in [1.165, 1.54) is 12.1 Å². The zero-order valence-corrected chi connectivity index (χ0v) is 14.9. The summed E-state index contributed by atoms with van der Waals surface area (Å²) in [4.78, 5) is 35.8. The molecular formula is C17H23N3O6. The van der Waals surface area contributed by atoms with Crippen LogP contribution in [0, 0.1) is 17.0 Å². The Hall–Kier alpha value is -2.84. The van der Waals surface area contributed by atoms with Crippen LogP contribution in [0.3, 0.4) is 0 Å².